The van der Waals surface area contributed by atoms with Crippen LogP contribution in [0.25, 0.3) is 0 Å². The van der Waals surface area contributed by atoms with Gasteiger partial charge in [-0.05, 0) is 0 Å². The predicted octanol–water partition coefficient (Wildman–Crippen LogP) is -1.24. The van der Waals surface area contributed by atoms with Crippen LogP contribution in [0.15, 0.2) is 24.3 Å². The molecule has 0 aromatic heterocycles. The third-order valence-corrected chi connectivity index (χ3v) is 0.930. The van der Waals surface area contributed by atoms with E-state index in [-0.39, 0.29) is 47.0 Å². The zero-order valence-electron chi connectivity index (χ0n) is 4.77. The van der Waals surface area contributed by atoms with Crippen LogP contribution >= 0.6 is 11.6 Å². The van der Waals surface area contributed by atoms with Crippen molar-refractivity contribution in [1.82, 2.24) is 0 Å². The Hall–Kier alpha value is 1.01. The first-order valence-electron chi connectivity index (χ1n) is 2.01. The molecule has 9 heavy (non-hydrogen) atoms. The molecule has 0 spiro atoms. The molecule has 0 aliphatic rings. The van der Waals surface area contributed by atoms with E-state index in [0.717, 1.165) is 5.02 Å². The molecule has 0 radical (unpaired) electrons. The maximum atomic E-state index is 5.52. The first-order chi connectivity index (χ1) is 3.39. The molecule has 0 fully saturated rings. The van der Waals surface area contributed by atoms with Crippen molar-refractivity contribution in [2.75, 3.05) is 0 Å². The molecule has 0 aliphatic carbocycles. The summed E-state index contributed by atoms with van der Waals surface area (Å²) in [6.45, 7) is 0. The van der Waals surface area contributed by atoms with Gasteiger partial charge in [0, 0.05) is 0 Å². The van der Waals surface area contributed by atoms with Gasteiger partial charge >= 0.3 is 23.1 Å². The second-order valence-corrected chi connectivity index (χ2v) is 1.65. The molecule has 0 amide bonds. The molecule has 0 unspecified atom stereocenters. The Morgan fingerprint density at radius 1 is 1.22 bits per heavy atom. The van der Waals surface area contributed by atoms with E-state index in [1.807, 2.05) is 0 Å². The van der Waals surface area contributed by atoms with Gasteiger partial charge in [-0.15, -0.1) is 11.6 Å². The molecule has 44 valence electrons. The molecule has 0 saturated carbocycles. The van der Waals surface area contributed by atoms with Crippen LogP contribution in [-0.2, 0) is 0 Å². The van der Waals surface area contributed by atoms with Crippen LogP contribution in [0.5, 0.6) is 0 Å². The van der Waals surface area contributed by atoms with Crippen LogP contribution in [-0.4, -0.2) is 23.1 Å². The second-order valence-electron chi connectivity index (χ2n) is 1.22. The molecule has 0 bridgehead atoms. The smallest absolute Gasteiger partial charge is 1.00 e. The van der Waals surface area contributed by atoms with Gasteiger partial charge < -0.3 is 24.0 Å². The van der Waals surface area contributed by atoms with Gasteiger partial charge in [0.05, 0.1) is 0 Å². The number of hydrogen-bond acceptors (Lipinski definition) is 0. The van der Waals surface area contributed by atoms with Crippen LogP contribution in [0, 0.1) is 6.07 Å². The van der Waals surface area contributed by atoms with E-state index in [9.17, 15) is 0 Å². The fourth-order valence-electron chi connectivity index (χ4n) is 0.367. The van der Waals surface area contributed by atoms with E-state index in [2.05, 4.69) is 6.07 Å². The summed E-state index contributed by atoms with van der Waals surface area (Å²) in [4.78, 5) is 0. The van der Waals surface area contributed by atoms with Crippen molar-refractivity contribution in [3.63, 3.8) is 0 Å². The third-order valence-electron chi connectivity index (χ3n) is 0.678. The number of hydrogen-bond donors (Lipinski definition) is 0. The quantitative estimate of drug-likeness (QED) is 0.312. The number of benzene rings is 1. The van der Waals surface area contributed by atoms with E-state index >= 15 is 0 Å². The fraction of sp³-hybridized carbons (Fsp3) is 0. The minimum Gasteiger partial charge on any atom is -1.00 e. The number of halogens is 2. The van der Waals surface area contributed by atoms with Gasteiger partial charge in [-0.3, -0.25) is 0 Å². The van der Waals surface area contributed by atoms with Gasteiger partial charge in [0.15, 0.2) is 0 Å². The Bertz CT molecular complexity index is 143. The van der Waals surface area contributed by atoms with Crippen molar-refractivity contribution in [3.05, 3.63) is 35.4 Å². The van der Waals surface area contributed by atoms with Crippen molar-refractivity contribution >= 4 is 34.7 Å². The first-order valence-corrected chi connectivity index (χ1v) is 2.39. The molecule has 0 aliphatic heterocycles. The summed E-state index contributed by atoms with van der Waals surface area (Å²) in [6.07, 6.45) is 0. The SMILES string of the molecule is Clc1cc[c-]cc1.[I-].[Mg+2]. The summed E-state index contributed by atoms with van der Waals surface area (Å²) in [5.74, 6) is 0. The Morgan fingerprint density at radius 3 is 1.89 bits per heavy atom. The monoisotopic (exact) mass is 262 g/mol. The standard InChI is InChI=1S/C6H4Cl.HI.Mg/c7-6-4-2-1-3-5-6;;/h2-5H;1H;/q-1;;+2/p-1. The van der Waals surface area contributed by atoms with Crippen molar-refractivity contribution in [1.29, 1.82) is 0 Å². The Morgan fingerprint density at radius 2 is 1.67 bits per heavy atom. The van der Waals surface area contributed by atoms with Gasteiger partial charge in [0.25, 0.3) is 0 Å². The summed E-state index contributed by atoms with van der Waals surface area (Å²) < 4.78 is 0. The van der Waals surface area contributed by atoms with Crippen LogP contribution in [0.2, 0.25) is 5.02 Å². The molecule has 3 heteroatoms. The Labute approximate surface area is 93.1 Å². The predicted molar refractivity (Wildman–Crippen MR) is 36.0 cm³/mol. The van der Waals surface area contributed by atoms with Crippen molar-refractivity contribution < 1.29 is 24.0 Å². The maximum absolute atomic E-state index is 5.52. The van der Waals surface area contributed by atoms with Crippen molar-refractivity contribution in [2.24, 2.45) is 0 Å². The average molecular weight is 263 g/mol. The zero-order valence-corrected chi connectivity index (χ0v) is 9.10. The molecule has 0 heterocycles. The van der Waals surface area contributed by atoms with E-state index in [1.54, 1.807) is 24.3 Å². The summed E-state index contributed by atoms with van der Waals surface area (Å²) >= 11 is 5.52. The molecule has 1 aromatic rings. The summed E-state index contributed by atoms with van der Waals surface area (Å²) in [5.41, 5.74) is 0. The summed E-state index contributed by atoms with van der Waals surface area (Å²) in [7, 11) is 0. The largest absolute Gasteiger partial charge is 2.00 e. The molecular weight excluding hydrogens is 259 g/mol. The van der Waals surface area contributed by atoms with Crippen LogP contribution < -0.4 is 24.0 Å². The van der Waals surface area contributed by atoms with Crippen molar-refractivity contribution in [2.45, 2.75) is 0 Å². The van der Waals surface area contributed by atoms with Gasteiger partial charge in [-0.1, -0.05) is 5.02 Å². The van der Waals surface area contributed by atoms with Crippen molar-refractivity contribution in [3.8, 4) is 0 Å². The molecule has 1 rings (SSSR count). The number of rotatable bonds is 0. The normalized spacial score (nSPS) is 6.78. The van der Waals surface area contributed by atoms with E-state index in [0.29, 0.717) is 0 Å². The molecular formula is C6H4ClIMg. The summed E-state index contributed by atoms with van der Waals surface area (Å²) in [6, 6.07) is 10.00. The third kappa shape index (κ3) is 5.45. The van der Waals surface area contributed by atoms with Gasteiger partial charge in [-0.25, -0.2) is 0 Å². The topological polar surface area (TPSA) is 0 Å². The van der Waals surface area contributed by atoms with Crippen LogP contribution in [0.4, 0.5) is 0 Å². The Balaban J connectivity index is 0. The minimum absolute atomic E-state index is 0. The van der Waals surface area contributed by atoms with Gasteiger partial charge in [0.1, 0.15) is 0 Å². The van der Waals surface area contributed by atoms with Crippen LogP contribution in [0.3, 0.4) is 0 Å². The van der Waals surface area contributed by atoms with Crippen LogP contribution in [0.1, 0.15) is 0 Å². The minimum atomic E-state index is 0. The molecule has 1 aromatic carbocycles. The average Bonchev–Trinajstić information content (AvgIpc) is 1.69. The zero-order chi connectivity index (χ0) is 5.11. The summed E-state index contributed by atoms with van der Waals surface area (Å²) in [5, 5.41) is 0.763. The molecule has 0 saturated heterocycles. The molecule has 0 N–H and O–H groups in total. The van der Waals surface area contributed by atoms with E-state index < -0.39 is 0 Å². The first kappa shape index (κ1) is 12.7. The molecule has 0 nitrogen and oxygen atoms in total. The second kappa shape index (κ2) is 7.12. The fourth-order valence-corrected chi connectivity index (χ4v) is 0.493. The molecule has 0 atom stereocenters. The van der Waals surface area contributed by atoms with Gasteiger partial charge in [-0.2, -0.15) is 30.3 Å². The van der Waals surface area contributed by atoms with E-state index in [4.69, 9.17) is 11.6 Å². The van der Waals surface area contributed by atoms with E-state index in [1.165, 1.54) is 0 Å². The van der Waals surface area contributed by atoms with Gasteiger partial charge in [0.2, 0.25) is 0 Å². The Kier molecular flexibility index (Phi) is 10.0. The maximum Gasteiger partial charge on any atom is 2.00 e.